The molecule has 0 aromatic heterocycles. The SMILES string of the molecule is Cc1cc(CO)c(O)c(N(O)C(C)(C)C)c1. The molecule has 0 atom stereocenters. The highest BCUT2D eigenvalue weighted by Gasteiger charge is 2.23. The molecule has 0 unspecified atom stereocenters. The van der Waals surface area contributed by atoms with Crippen molar-refractivity contribution in [1.82, 2.24) is 0 Å². The van der Waals surface area contributed by atoms with Gasteiger partial charge in [-0.2, -0.15) is 0 Å². The predicted octanol–water partition coefficient (Wildman–Crippen LogP) is 2.19. The Bertz CT molecular complexity index is 383. The molecular formula is C12H19NO3. The summed E-state index contributed by atoms with van der Waals surface area (Å²) in [6.07, 6.45) is 0. The van der Waals surface area contributed by atoms with Gasteiger partial charge in [-0.3, -0.25) is 5.21 Å². The van der Waals surface area contributed by atoms with Crippen molar-refractivity contribution >= 4 is 5.69 Å². The van der Waals surface area contributed by atoms with Crippen LogP contribution in [0, 0.1) is 6.92 Å². The first kappa shape index (κ1) is 12.8. The number of hydroxylamine groups is 1. The average molecular weight is 225 g/mol. The second kappa shape index (κ2) is 4.31. The second-order valence-corrected chi connectivity index (χ2v) is 4.93. The number of hydrogen-bond acceptors (Lipinski definition) is 4. The largest absolute Gasteiger partial charge is 0.505 e. The number of aliphatic hydroxyl groups excluding tert-OH is 1. The van der Waals surface area contributed by atoms with Crippen LogP contribution in [0.4, 0.5) is 5.69 Å². The van der Waals surface area contributed by atoms with Gasteiger partial charge in [-0.05, 0) is 45.4 Å². The Morgan fingerprint density at radius 3 is 2.25 bits per heavy atom. The molecule has 1 rings (SSSR count). The first-order valence-corrected chi connectivity index (χ1v) is 5.20. The lowest BCUT2D eigenvalue weighted by atomic mass is 10.0. The van der Waals surface area contributed by atoms with E-state index in [9.17, 15) is 10.3 Å². The summed E-state index contributed by atoms with van der Waals surface area (Å²) in [6, 6.07) is 3.37. The third-order valence-electron chi connectivity index (χ3n) is 2.35. The molecule has 0 aliphatic carbocycles. The van der Waals surface area contributed by atoms with Gasteiger partial charge in [0.2, 0.25) is 0 Å². The molecule has 0 fully saturated rings. The number of anilines is 1. The van der Waals surface area contributed by atoms with Gasteiger partial charge < -0.3 is 10.2 Å². The quantitative estimate of drug-likeness (QED) is 0.675. The Morgan fingerprint density at radius 2 is 1.81 bits per heavy atom. The molecule has 0 saturated heterocycles. The van der Waals surface area contributed by atoms with Crippen molar-refractivity contribution in [3.05, 3.63) is 23.3 Å². The van der Waals surface area contributed by atoms with Crippen LogP contribution in [0.1, 0.15) is 31.9 Å². The van der Waals surface area contributed by atoms with Gasteiger partial charge >= 0.3 is 0 Å². The van der Waals surface area contributed by atoms with Crippen LogP contribution in [0.3, 0.4) is 0 Å². The lowest BCUT2D eigenvalue weighted by Gasteiger charge is -2.32. The molecule has 16 heavy (non-hydrogen) atoms. The van der Waals surface area contributed by atoms with E-state index in [-0.39, 0.29) is 12.4 Å². The fraction of sp³-hybridized carbons (Fsp3) is 0.500. The van der Waals surface area contributed by atoms with E-state index in [1.165, 1.54) is 0 Å². The van der Waals surface area contributed by atoms with E-state index in [2.05, 4.69) is 0 Å². The van der Waals surface area contributed by atoms with Crippen LogP contribution >= 0.6 is 0 Å². The molecule has 4 nitrogen and oxygen atoms in total. The molecule has 0 aliphatic heterocycles. The molecule has 0 radical (unpaired) electrons. The summed E-state index contributed by atoms with van der Waals surface area (Å²) < 4.78 is 0. The van der Waals surface area contributed by atoms with Gasteiger partial charge in [0, 0.05) is 5.56 Å². The molecule has 90 valence electrons. The fourth-order valence-electron chi connectivity index (χ4n) is 1.48. The first-order valence-electron chi connectivity index (χ1n) is 5.20. The Balaban J connectivity index is 3.28. The summed E-state index contributed by atoms with van der Waals surface area (Å²) in [6.45, 7) is 7.07. The van der Waals surface area contributed by atoms with Gasteiger partial charge in [0.05, 0.1) is 12.1 Å². The Kier molecular flexibility index (Phi) is 3.45. The molecule has 0 spiro atoms. The molecule has 1 aromatic carbocycles. The summed E-state index contributed by atoms with van der Waals surface area (Å²) in [5.41, 5.74) is 1.09. The highest BCUT2D eigenvalue weighted by atomic mass is 16.5. The number of hydrogen-bond donors (Lipinski definition) is 3. The lowest BCUT2D eigenvalue weighted by Crippen LogP contribution is -2.38. The molecule has 0 aliphatic rings. The summed E-state index contributed by atoms with van der Waals surface area (Å²) in [5.74, 6) is -0.0782. The van der Waals surface area contributed by atoms with E-state index in [1.54, 1.807) is 12.1 Å². The maximum absolute atomic E-state index is 9.97. The van der Waals surface area contributed by atoms with E-state index in [0.717, 1.165) is 10.6 Å². The lowest BCUT2D eigenvalue weighted by molar-refractivity contribution is 0.178. The number of aryl methyl sites for hydroxylation is 1. The van der Waals surface area contributed by atoms with Gasteiger partial charge in [-0.15, -0.1) is 0 Å². The minimum Gasteiger partial charge on any atom is -0.505 e. The summed E-state index contributed by atoms with van der Waals surface area (Å²) in [5, 5.41) is 30.0. The van der Waals surface area contributed by atoms with Crippen molar-refractivity contribution in [3.63, 3.8) is 0 Å². The standard InChI is InChI=1S/C12H19NO3/c1-8-5-9(7-14)11(15)10(6-8)13(16)12(2,3)4/h5-6,14-16H,7H2,1-4H3. The van der Waals surface area contributed by atoms with Crippen molar-refractivity contribution in [1.29, 1.82) is 0 Å². The monoisotopic (exact) mass is 225 g/mol. The second-order valence-electron chi connectivity index (χ2n) is 4.93. The average Bonchev–Trinajstić information content (AvgIpc) is 2.18. The van der Waals surface area contributed by atoms with Gasteiger partial charge in [0.15, 0.2) is 0 Å². The Hall–Kier alpha value is -1.26. The van der Waals surface area contributed by atoms with Crippen molar-refractivity contribution in [2.24, 2.45) is 0 Å². The van der Waals surface area contributed by atoms with Crippen LogP contribution in [0.15, 0.2) is 12.1 Å². The van der Waals surface area contributed by atoms with Gasteiger partial charge in [-0.1, -0.05) is 0 Å². The minimum atomic E-state index is -0.516. The number of aliphatic hydroxyl groups is 1. The zero-order valence-corrected chi connectivity index (χ0v) is 10.2. The third-order valence-corrected chi connectivity index (χ3v) is 2.35. The predicted molar refractivity (Wildman–Crippen MR) is 62.8 cm³/mol. The summed E-state index contributed by atoms with van der Waals surface area (Å²) in [4.78, 5) is 0. The molecule has 0 amide bonds. The zero-order chi connectivity index (χ0) is 12.5. The highest BCUT2D eigenvalue weighted by molar-refractivity contribution is 5.62. The van der Waals surface area contributed by atoms with Crippen LogP contribution < -0.4 is 5.06 Å². The summed E-state index contributed by atoms with van der Waals surface area (Å²) >= 11 is 0. The maximum atomic E-state index is 9.97. The van der Waals surface area contributed by atoms with Crippen molar-refractivity contribution in [2.45, 2.75) is 39.8 Å². The van der Waals surface area contributed by atoms with Crippen LogP contribution in [0.5, 0.6) is 5.75 Å². The van der Waals surface area contributed by atoms with Crippen molar-refractivity contribution in [3.8, 4) is 5.75 Å². The smallest absolute Gasteiger partial charge is 0.146 e. The van der Waals surface area contributed by atoms with Gasteiger partial charge in [-0.25, -0.2) is 5.06 Å². The third kappa shape index (κ3) is 2.46. The molecule has 0 bridgehead atoms. The van der Waals surface area contributed by atoms with E-state index < -0.39 is 5.54 Å². The molecule has 0 heterocycles. The number of aromatic hydroxyl groups is 1. The van der Waals surface area contributed by atoms with Crippen LogP contribution in [0.25, 0.3) is 0 Å². The Morgan fingerprint density at radius 1 is 1.25 bits per heavy atom. The molecule has 3 N–H and O–H groups in total. The van der Waals surface area contributed by atoms with E-state index in [1.807, 2.05) is 27.7 Å². The summed E-state index contributed by atoms with van der Waals surface area (Å²) in [7, 11) is 0. The van der Waals surface area contributed by atoms with Crippen molar-refractivity contribution in [2.75, 3.05) is 5.06 Å². The topological polar surface area (TPSA) is 63.9 Å². The number of rotatable bonds is 2. The van der Waals surface area contributed by atoms with Gasteiger partial charge in [0.25, 0.3) is 0 Å². The highest BCUT2D eigenvalue weighted by Crippen LogP contribution is 2.34. The molecule has 0 saturated carbocycles. The maximum Gasteiger partial charge on any atom is 0.146 e. The normalized spacial score (nSPS) is 11.6. The van der Waals surface area contributed by atoms with Crippen LogP contribution in [-0.4, -0.2) is 21.0 Å². The van der Waals surface area contributed by atoms with Gasteiger partial charge in [0.1, 0.15) is 11.4 Å². The number of nitrogens with zero attached hydrogens (tertiary/aromatic N) is 1. The van der Waals surface area contributed by atoms with E-state index in [4.69, 9.17) is 5.11 Å². The fourth-order valence-corrected chi connectivity index (χ4v) is 1.48. The number of benzene rings is 1. The Labute approximate surface area is 95.7 Å². The molecule has 4 heteroatoms. The molecule has 1 aromatic rings. The number of phenols is 1. The zero-order valence-electron chi connectivity index (χ0n) is 10.2. The minimum absolute atomic E-state index is 0.0782. The van der Waals surface area contributed by atoms with Crippen LogP contribution in [0.2, 0.25) is 0 Å². The molecular weight excluding hydrogens is 206 g/mol. The van der Waals surface area contributed by atoms with E-state index >= 15 is 0 Å². The van der Waals surface area contributed by atoms with Crippen LogP contribution in [-0.2, 0) is 6.61 Å². The van der Waals surface area contributed by atoms with E-state index in [0.29, 0.717) is 11.3 Å². The first-order chi connectivity index (χ1) is 7.27. The van der Waals surface area contributed by atoms with Crippen molar-refractivity contribution < 1.29 is 15.4 Å².